The van der Waals surface area contributed by atoms with Gasteiger partial charge in [0.1, 0.15) is 0 Å². The monoisotopic (exact) mass is 369 g/mol. The molecule has 1 heterocycles. The maximum atomic E-state index is 12.3. The molecule has 1 saturated heterocycles. The predicted octanol–water partition coefficient (Wildman–Crippen LogP) is 3.43. The van der Waals surface area contributed by atoms with Gasteiger partial charge in [0.05, 0.1) is 4.92 Å². The van der Waals surface area contributed by atoms with Crippen LogP contribution in [-0.2, 0) is 5.41 Å². The molecule has 0 radical (unpaired) electrons. The predicted molar refractivity (Wildman–Crippen MR) is 102 cm³/mol. The lowest BCUT2D eigenvalue weighted by Crippen LogP contribution is -2.33. The fourth-order valence-corrected chi connectivity index (χ4v) is 3.12. The van der Waals surface area contributed by atoms with E-state index in [2.05, 4.69) is 10.6 Å². The fourth-order valence-electron chi connectivity index (χ4n) is 3.12. The molecule has 1 aliphatic heterocycles. The molecule has 1 fully saturated rings. The summed E-state index contributed by atoms with van der Waals surface area (Å²) in [5.41, 5.74) is 0.645. The second-order valence-electron chi connectivity index (χ2n) is 7.50. The number of hydrogen-bond acceptors (Lipinski definition) is 4. The van der Waals surface area contributed by atoms with Gasteiger partial charge in [-0.1, -0.05) is 26.8 Å². The van der Waals surface area contributed by atoms with Crippen LogP contribution in [0, 0.1) is 16.0 Å². The van der Waals surface area contributed by atoms with Crippen molar-refractivity contribution in [2.75, 3.05) is 19.6 Å². The van der Waals surface area contributed by atoms with Crippen LogP contribution in [0.4, 0.5) is 5.69 Å². The molecule has 1 aromatic rings. The van der Waals surface area contributed by atoms with Gasteiger partial charge >= 0.3 is 0 Å². The van der Waals surface area contributed by atoms with E-state index in [-0.39, 0.29) is 29.4 Å². The van der Waals surface area contributed by atoms with Gasteiger partial charge in [-0.2, -0.15) is 0 Å². The Labute approximate surface area is 155 Å². The molecule has 140 valence electrons. The van der Waals surface area contributed by atoms with Crippen LogP contribution in [-0.4, -0.2) is 30.5 Å². The summed E-state index contributed by atoms with van der Waals surface area (Å²) < 4.78 is 0. The summed E-state index contributed by atoms with van der Waals surface area (Å²) >= 11 is 0. The Morgan fingerprint density at radius 1 is 1.40 bits per heavy atom. The number of piperidine rings is 1. The summed E-state index contributed by atoms with van der Waals surface area (Å²) in [5, 5.41) is 17.6. The maximum Gasteiger partial charge on any atom is 0.273 e. The van der Waals surface area contributed by atoms with Crippen molar-refractivity contribution < 1.29 is 9.72 Å². The van der Waals surface area contributed by atoms with Crippen LogP contribution in [0.1, 0.15) is 56.0 Å². The third-order valence-electron chi connectivity index (χ3n) is 4.50. The molecule has 1 unspecified atom stereocenters. The van der Waals surface area contributed by atoms with E-state index in [4.69, 9.17) is 0 Å². The van der Waals surface area contributed by atoms with E-state index in [0.29, 0.717) is 23.6 Å². The largest absolute Gasteiger partial charge is 0.352 e. The van der Waals surface area contributed by atoms with E-state index in [1.54, 1.807) is 12.1 Å². The van der Waals surface area contributed by atoms with Gasteiger partial charge in [-0.05, 0) is 49.8 Å². The number of nitrogens with one attached hydrogen (secondary N) is 2. The Kier molecular flexibility index (Phi) is 7.83. The molecular formula is C18H28ClN3O3. The van der Waals surface area contributed by atoms with Crippen molar-refractivity contribution in [3.05, 3.63) is 39.4 Å². The van der Waals surface area contributed by atoms with Gasteiger partial charge in [-0.3, -0.25) is 14.9 Å². The molecule has 25 heavy (non-hydrogen) atoms. The van der Waals surface area contributed by atoms with E-state index in [1.807, 2.05) is 20.8 Å². The van der Waals surface area contributed by atoms with E-state index >= 15 is 0 Å². The highest BCUT2D eigenvalue weighted by molar-refractivity contribution is 5.95. The van der Waals surface area contributed by atoms with E-state index < -0.39 is 4.92 Å². The number of nitro benzene ring substituents is 1. The van der Waals surface area contributed by atoms with Gasteiger partial charge in [0.15, 0.2) is 0 Å². The fraction of sp³-hybridized carbons (Fsp3) is 0.611. The first-order valence-corrected chi connectivity index (χ1v) is 8.57. The zero-order valence-electron chi connectivity index (χ0n) is 15.1. The molecule has 6 nitrogen and oxygen atoms in total. The Morgan fingerprint density at radius 2 is 2.12 bits per heavy atom. The number of hydrogen-bond donors (Lipinski definition) is 2. The molecule has 1 atom stereocenters. The second-order valence-corrected chi connectivity index (χ2v) is 7.50. The molecule has 1 amide bonds. The SMILES string of the molecule is CC(C)(C)c1ccc(C(=O)NCCC2CCCNC2)cc1[N+](=O)[O-].Cl. The van der Waals surface area contributed by atoms with Crippen molar-refractivity contribution >= 4 is 24.0 Å². The Balaban J connectivity index is 0.00000312. The number of nitro groups is 1. The van der Waals surface area contributed by atoms with Gasteiger partial charge < -0.3 is 10.6 Å². The first-order chi connectivity index (χ1) is 11.3. The van der Waals surface area contributed by atoms with Crippen LogP contribution in [0.15, 0.2) is 18.2 Å². The smallest absolute Gasteiger partial charge is 0.273 e. The standard InChI is InChI=1S/C18H27N3O3.ClH/c1-18(2,3)15-7-6-14(11-16(15)21(23)24)17(22)20-10-8-13-5-4-9-19-12-13;/h6-7,11,13,19H,4-5,8-10,12H2,1-3H3,(H,20,22);1H. The summed E-state index contributed by atoms with van der Waals surface area (Å²) in [6.45, 7) is 8.45. The molecule has 0 bridgehead atoms. The molecule has 1 aliphatic rings. The lowest BCUT2D eigenvalue weighted by atomic mass is 9.85. The number of carbonyl (C=O) groups is 1. The molecule has 0 spiro atoms. The van der Waals surface area contributed by atoms with Crippen LogP contribution >= 0.6 is 12.4 Å². The normalized spacial score (nSPS) is 17.5. The second kappa shape index (κ2) is 9.15. The number of halogens is 1. The zero-order valence-corrected chi connectivity index (χ0v) is 15.9. The van der Waals surface area contributed by atoms with Crippen molar-refractivity contribution in [2.24, 2.45) is 5.92 Å². The first kappa shape index (κ1) is 21.4. The topological polar surface area (TPSA) is 84.3 Å². The average Bonchev–Trinajstić information content (AvgIpc) is 2.54. The van der Waals surface area contributed by atoms with E-state index in [1.165, 1.54) is 18.9 Å². The van der Waals surface area contributed by atoms with Gasteiger partial charge in [0.25, 0.3) is 11.6 Å². The number of carbonyl (C=O) groups excluding carboxylic acids is 1. The van der Waals surface area contributed by atoms with Crippen molar-refractivity contribution in [1.82, 2.24) is 10.6 Å². The summed E-state index contributed by atoms with van der Waals surface area (Å²) in [7, 11) is 0. The molecule has 0 saturated carbocycles. The summed E-state index contributed by atoms with van der Waals surface area (Å²) in [5.74, 6) is 0.346. The van der Waals surface area contributed by atoms with Gasteiger partial charge in [0, 0.05) is 23.7 Å². The Hall–Kier alpha value is -1.66. The van der Waals surface area contributed by atoms with Gasteiger partial charge in [-0.25, -0.2) is 0 Å². The third-order valence-corrected chi connectivity index (χ3v) is 4.50. The van der Waals surface area contributed by atoms with Crippen LogP contribution in [0.3, 0.4) is 0 Å². The maximum absolute atomic E-state index is 12.3. The molecule has 2 rings (SSSR count). The number of amides is 1. The van der Waals surface area contributed by atoms with Crippen molar-refractivity contribution in [2.45, 2.75) is 45.4 Å². The lowest BCUT2D eigenvalue weighted by Gasteiger charge is -2.22. The number of nitrogens with zero attached hydrogens (tertiary/aromatic N) is 1. The van der Waals surface area contributed by atoms with Crippen molar-refractivity contribution in [3.8, 4) is 0 Å². The number of rotatable bonds is 5. The van der Waals surface area contributed by atoms with Gasteiger partial charge in [-0.15, -0.1) is 12.4 Å². The van der Waals surface area contributed by atoms with Crippen LogP contribution in [0.5, 0.6) is 0 Å². The molecule has 0 aliphatic carbocycles. The van der Waals surface area contributed by atoms with Crippen molar-refractivity contribution in [3.63, 3.8) is 0 Å². The minimum Gasteiger partial charge on any atom is -0.352 e. The lowest BCUT2D eigenvalue weighted by molar-refractivity contribution is -0.386. The minimum absolute atomic E-state index is 0. The first-order valence-electron chi connectivity index (χ1n) is 8.57. The third kappa shape index (κ3) is 5.97. The highest BCUT2D eigenvalue weighted by Crippen LogP contribution is 2.31. The summed E-state index contributed by atoms with van der Waals surface area (Å²) in [6.07, 6.45) is 3.30. The molecule has 0 aromatic heterocycles. The van der Waals surface area contributed by atoms with Gasteiger partial charge in [0.2, 0.25) is 0 Å². The minimum atomic E-state index is -0.412. The van der Waals surface area contributed by atoms with Crippen molar-refractivity contribution in [1.29, 1.82) is 0 Å². The molecule has 7 heteroatoms. The zero-order chi connectivity index (χ0) is 17.7. The highest BCUT2D eigenvalue weighted by atomic mass is 35.5. The summed E-state index contributed by atoms with van der Waals surface area (Å²) in [6, 6.07) is 4.75. The van der Waals surface area contributed by atoms with E-state index in [0.717, 1.165) is 19.5 Å². The Morgan fingerprint density at radius 3 is 2.68 bits per heavy atom. The summed E-state index contributed by atoms with van der Waals surface area (Å²) in [4.78, 5) is 23.2. The van der Waals surface area contributed by atoms with Crippen LogP contribution < -0.4 is 10.6 Å². The molecule has 1 aromatic carbocycles. The van der Waals surface area contributed by atoms with Crippen LogP contribution in [0.25, 0.3) is 0 Å². The highest BCUT2D eigenvalue weighted by Gasteiger charge is 2.26. The number of benzene rings is 1. The van der Waals surface area contributed by atoms with E-state index in [9.17, 15) is 14.9 Å². The quantitative estimate of drug-likeness (QED) is 0.615. The van der Waals surface area contributed by atoms with Crippen LogP contribution in [0.2, 0.25) is 0 Å². The average molecular weight is 370 g/mol. The Bertz CT molecular complexity index is 608. The molecular weight excluding hydrogens is 342 g/mol. The molecule has 2 N–H and O–H groups in total.